The van der Waals surface area contributed by atoms with Gasteiger partial charge in [0.15, 0.2) is 0 Å². The second-order valence-electron chi connectivity index (χ2n) is 6.22. The molecule has 2 rings (SSSR count). The van der Waals surface area contributed by atoms with E-state index in [1.165, 1.54) is 5.56 Å². The zero-order valence-electron chi connectivity index (χ0n) is 13.9. The summed E-state index contributed by atoms with van der Waals surface area (Å²) in [6.45, 7) is 6.97. The number of nitrogens with one attached hydrogen (secondary N) is 2. The lowest BCUT2D eigenvalue weighted by Gasteiger charge is -2.31. The van der Waals surface area contributed by atoms with Crippen LogP contribution in [0.1, 0.15) is 24.0 Å². The summed E-state index contributed by atoms with van der Waals surface area (Å²) in [7, 11) is 0. The molecule has 1 fully saturated rings. The van der Waals surface area contributed by atoms with Crippen LogP contribution in [-0.2, 0) is 4.79 Å². The zero-order valence-corrected chi connectivity index (χ0v) is 13.9. The van der Waals surface area contributed by atoms with Crippen molar-refractivity contribution in [3.8, 4) is 0 Å². The second-order valence-corrected chi connectivity index (χ2v) is 6.22. The van der Waals surface area contributed by atoms with Crippen molar-refractivity contribution in [1.82, 2.24) is 10.2 Å². The van der Waals surface area contributed by atoms with E-state index in [1.807, 2.05) is 32.0 Å². The third-order valence-corrected chi connectivity index (χ3v) is 4.39. The number of primary amides is 1. The Labute approximate surface area is 137 Å². The van der Waals surface area contributed by atoms with Gasteiger partial charge in [-0.25, -0.2) is 4.79 Å². The van der Waals surface area contributed by atoms with Crippen LogP contribution in [0.3, 0.4) is 0 Å². The van der Waals surface area contributed by atoms with Gasteiger partial charge in [-0.15, -0.1) is 0 Å². The highest BCUT2D eigenvalue weighted by atomic mass is 16.2. The minimum atomic E-state index is -0.227. The van der Waals surface area contributed by atoms with Crippen LogP contribution in [0.2, 0.25) is 0 Å². The number of amides is 3. The molecule has 0 spiro atoms. The van der Waals surface area contributed by atoms with Gasteiger partial charge in [-0.3, -0.25) is 4.79 Å². The monoisotopic (exact) mass is 318 g/mol. The molecule has 3 amide bonds. The number of hydrogen-bond acceptors (Lipinski definition) is 3. The molecule has 126 valence electrons. The average molecular weight is 318 g/mol. The molecule has 1 atom stereocenters. The molecule has 4 N–H and O–H groups in total. The SMILES string of the molecule is Cc1ccc(NC(=O)NCCN2CCC[C@@H](C(N)=O)C2)cc1C. The Bertz CT molecular complexity index is 574. The molecule has 23 heavy (non-hydrogen) atoms. The number of aryl methyl sites for hydroxylation is 2. The summed E-state index contributed by atoms with van der Waals surface area (Å²) < 4.78 is 0. The number of rotatable bonds is 5. The smallest absolute Gasteiger partial charge is 0.319 e. The Hall–Kier alpha value is -2.08. The van der Waals surface area contributed by atoms with Gasteiger partial charge in [0.05, 0.1) is 5.92 Å². The van der Waals surface area contributed by atoms with E-state index in [4.69, 9.17) is 5.73 Å². The predicted octanol–water partition coefficient (Wildman–Crippen LogP) is 1.62. The van der Waals surface area contributed by atoms with Crippen LogP contribution >= 0.6 is 0 Å². The van der Waals surface area contributed by atoms with Crippen LogP contribution in [0.5, 0.6) is 0 Å². The highest BCUT2D eigenvalue weighted by molar-refractivity contribution is 5.89. The van der Waals surface area contributed by atoms with Crippen molar-refractivity contribution >= 4 is 17.6 Å². The maximum atomic E-state index is 11.9. The summed E-state index contributed by atoms with van der Waals surface area (Å²) in [6.07, 6.45) is 1.84. The van der Waals surface area contributed by atoms with Crippen LogP contribution in [0.4, 0.5) is 10.5 Å². The van der Waals surface area contributed by atoms with Crippen molar-refractivity contribution in [3.05, 3.63) is 29.3 Å². The van der Waals surface area contributed by atoms with Crippen molar-refractivity contribution in [2.75, 3.05) is 31.5 Å². The van der Waals surface area contributed by atoms with E-state index < -0.39 is 0 Å². The van der Waals surface area contributed by atoms with Crippen molar-refractivity contribution in [2.24, 2.45) is 11.7 Å². The molecule has 0 radical (unpaired) electrons. The molecular weight excluding hydrogens is 292 g/mol. The minimum Gasteiger partial charge on any atom is -0.369 e. The molecule has 1 saturated heterocycles. The van der Waals surface area contributed by atoms with E-state index in [-0.39, 0.29) is 17.9 Å². The fraction of sp³-hybridized carbons (Fsp3) is 0.529. The van der Waals surface area contributed by atoms with E-state index in [0.29, 0.717) is 13.1 Å². The number of hydrogen-bond donors (Lipinski definition) is 3. The summed E-state index contributed by atoms with van der Waals surface area (Å²) >= 11 is 0. The number of carbonyl (C=O) groups excluding carboxylic acids is 2. The molecule has 0 unspecified atom stereocenters. The van der Waals surface area contributed by atoms with Crippen LogP contribution < -0.4 is 16.4 Å². The molecule has 6 heteroatoms. The van der Waals surface area contributed by atoms with Gasteiger partial charge < -0.3 is 21.3 Å². The van der Waals surface area contributed by atoms with Gasteiger partial charge in [-0.1, -0.05) is 6.07 Å². The van der Waals surface area contributed by atoms with Gasteiger partial charge in [-0.05, 0) is 56.5 Å². The summed E-state index contributed by atoms with van der Waals surface area (Å²) in [5.41, 5.74) is 8.50. The van der Waals surface area contributed by atoms with Crippen molar-refractivity contribution in [2.45, 2.75) is 26.7 Å². The lowest BCUT2D eigenvalue weighted by atomic mass is 9.97. The van der Waals surface area contributed by atoms with Gasteiger partial charge in [0.1, 0.15) is 0 Å². The standard InChI is InChI=1S/C17H26N4O2/c1-12-5-6-15(10-13(12)2)20-17(23)19-7-9-21-8-3-4-14(11-21)16(18)22/h5-6,10,14H,3-4,7-9,11H2,1-2H3,(H2,18,22)(H2,19,20,23)/t14-/m1/s1. The number of carbonyl (C=O) groups is 2. The summed E-state index contributed by atoms with van der Waals surface area (Å²) in [5.74, 6) is -0.289. The second kappa shape index (κ2) is 7.97. The van der Waals surface area contributed by atoms with Gasteiger partial charge >= 0.3 is 6.03 Å². The lowest BCUT2D eigenvalue weighted by Crippen LogP contribution is -2.44. The van der Waals surface area contributed by atoms with E-state index in [1.54, 1.807) is 0 Å². The summed E-state index contributed by atoms with van der Waals surface area (Å²) in [5, 5.41) is 5.68. The Kier molecular flexibility index (Phi) is 5.98. The Morgan fingerprint density at radius 2 is 2.09 bits per heavy atom. The number of urea groups is 1. The van der Waals surface area contributed by atoms with Gasteiger partial charge in [0.25, 0.3) is 0 Å². The third kappa shape index (κ3) is 5.25. The quantitative estimate of drug-likeness (QED) is 0.771. The Balaban J connectivity index is 1.72. The third-order valence-electron chi connectivity index (χ3n) is 4.39. The van der Waals surface area contributed by atoms with Gasteiger partial charge in [0, 0.05) is 25.3 Å². The first-order chi connectivity index (χ1) is 11.0. The number of benzene rings is 1. The molecule has 1 aromatic rings. The number of likely N-dealkylation sites (tertiary alicyclic amines) is 1. The lowest BCUT2D eigenvalue weighted by molar-refractivity contribution is -0.123. The van der Waals surface area contributed by atoms with E-state index in [2.05, 4.69) is 15.5 Å². The van der Waals surface area contributed by atoms with Crippen LogP contribution in [0.25, 0.3) is 0 Å². The van der Waals surface area contributed by atoms with Gasteiger partial charge in [-0.2, -0.15) is 0 Å². The normalized spacial score (nSPS) is 18.4. The van der Waals surface area contributed by atoms with Crippen LogP contribution in [0, 0.1) is 19.8 Å². The van der Waals surface area contributed by atoms with E-state index >= 15 is 0 Å². The first kappa shape index (κ1) is 17.3. The molecule has 1 aromatic carbocycles. The minimum absolute atomic E-state index is 0.0619. The molecule has 0 saturated carbocycles. The average Bonchev–Trinajstić information content (AvgIpc) is 2.51. The predicted molar refractivity (Wildman–Crippen MR) is 91.3 cm³/mol. The fourth-order valence-electron chi connectivity index (χ4n) is 2.81. The number of nitrogens with two attached hydrogens (primary N) is 1. The molecule has 1 aliphatic heterocycles. The first-order valence-corrected chi connectivity index (χ1v) is 8.09. The molecule has 0 aromatic heterocycles. The van der Waals surface area contributed by atoms with Crippen LogP contribution in [0.15, 0.2) is 18.2 Å². The maximum absolute atomic E-state index is 11.9. The summed E-state index contributed by atoms with van der Waals surface area (Å²) in [4.78, 5) is 25.3. The topological polar surface area (TPSA) is 87.5 Å². The van der Waals surface area contributed by atoms with Crippen molar-refractivity contribution in [1.29, 1.82) is 0 Å². The maximum Gasteiger partial charge on any atom is 0.319 e. The highest BCUT2D eigenvalue weighted by Gasteiger charge is 2.23. The molecule has 0 bridgehead atoms. The molecule has 0 aliphatic carbocycles. The van der Waals surface area contributed by atoms with Gasteiger partial charge in [0.2, 0.25) is 5.91 Å². The summed E-state index contributed by atoms with van der Waals surface area (Å²) in [6, 6.07) is 5.63. The highest BCUT2D eigenvalue weighted by Crippen LogP contribution is 2.15. The molecular formula is C17H26N4O2. The van der Waals surface area contributed by atoms with Crippen molar-refractivity contribution in [3.63, 3.8) is 0 Å². The number of piperidine rings is 1. The molecule has 1 aliphatic rings. The molecule has 6 nitrogen and oxygen atoms in total. The largest absolute Gasteiger partial charge is 0.369 e. The number of anilines is 1. The van der Waals surface area contributed by atoms with E-state index in [9.17, 15) is 9.59 Å². The first-order valence-electron chi connectivity index (χ1n) is 8.09. The Morgan fingerprint density at radius 3 is 2.78 bits per heavy atom. The Morgan fingerprint density at radius 1 is 1.30 bits per heavy atom. The molecule has 1 heterocycles. The van der Waals surface area contributed by atoms with Crippen molar-refractivity contribution < 1.29 is 9.59 Å². The van der Waals surface area contributed by atoms with Crippen LogP contribution in [-0.4, -0.2) is 43.0 Å². The fourth-order valence-corrected chi connectivity index (χ4v) is 2.81. The number of nitrogens with zero attached hydrogens (tertiary/aromatic N) is 1. The van der Waals surface area contributed by atoms with E-state index in [0.717, 1.165) is 37.2 Å². The zero-order chi connectivity index (χ0) is 16.8.